The number of ether oxygens (including phenoxy) is 1. The van der Waals surface area contributed by atoms with Gasteiger partial charge >= 0.3 is 0 Å². The summed E-state index contributed by atoms with van der Waals surface area (Å²) < 4.78 is 7.51. The fourth-order valence-electron chi connectivity index (χ4n) is 3.42. The maximum atomic E-state index is 13.3. The van der Waals surface area contributed by atoms with Gasteiger partial charge in [-0.1, -0.05) is 41.9 Å². The maximum absolute atomic E-state index is 13.3. The normalized spacial score (nSPS) is 15.5. The van der Waals surface area contributed by atoms with Crippen molar-refractivity contribution in [1.29, 1.82) is 0 Å². The smallest absolute Gasteiger partial charge is 0.255 e. The van der Waals surface area contributed by atoms with Gasteiger partial charge in [0, 0.05) is 11.3 Å². The van der Waals surface area contributed by atoms with Crippen LogP contribution in [0.25, 0.3) is 0 Å². The molecule has 1 aromatic heterocycles. The van der Waals surface area contributed by atoms with Gasteiger partial charge in [-0.15, -0.1) is 0 Å². The van der Waals surface area contributed by atoms with E-state index in [4.69, 9.17) is 16.3 Å². The number of para-hydroxylation sites is 2. The Morgan fingerprint density at radius 2 is 2.00 bits per heavy atom. The highest BCUT2D eigenvalue weighted by Crippen LogP contribution is 2.39. The van der Waals surface area contributed by atoms with Gasteiger partial charge in [0.05, 0.1) is 22.9 Å². The Bertz CT molecular complexity index is 1090. The summed E-state index contributed by atoms with van der Waals surface area (Å²) in [5.74, 6) is 0.979. The van der Waals surface area contributed by atoms with E-state index in [1.165, 1.54) is 6.33 Å². The average molecular weight is 410 g/mol. The Balaban J connectivity index is 1.81. The molecule has 8 heteroatoms. The number of allylic oxidation sites excluding steroid dienone is 1. The largest absolute Gasteiger partial charge is 0.494 e. The molecule has 1 atom stereocenters. The molecule has 2 aromatic carbocycles. The molecular formula is C21H20ClN5O2. The topological polar surface area (TPSA) is 81.1 Å². The highest BCUT2D eigenvalue weighted by molar-refractivity contribution is 6.33. The maximum Gasteiger partial charge on any atom is 0.255 e. The zero-order chi connectivity index (χ0) is 20.4. The minimum Gasteiger partial charge on any atom is -0.494 e. The van der Waals surface area contributed by atoms with Gasteiger partial charge in [-0.2, -0.15) is 10.1 Å². The van der Waals surface area contributed by atoms with Crippen LogP contribution < -0.4 is 15.4 Å². The van der Waals surface area contributed by atoms with Crippen LogP contribution in [0.5, 0.6) is 5.75 Å². The van der Waals surface area contributed by atoms with E-state index in [0.717, 1.165) is 5.56 Å². The van der Waals surface area contributed by atoms with Gasteiger partial charge in [0.25, 0.3) is 5.91 Å². The molecule has 148 valence electrons. The summed E-state index contributed by atoms with van der Waals surface area (Å²) in [6.45, 7) is 4.28. The zero-order valence-corrected chi connectivity index (χ0v) is 16.8. The monoisotopic (exact) mass is 409 g/mol. The second-order valence-corrected chi connectivity index (χ2v) is 6.91. The lowest BCUT2D eigenvalue weighted by Gasteiger charge is -2.29. The molecule has 1 aliphatic rings. The molecule has 2 heterocycles. The summed E-state index contributed by atoms with van der Waals surface area (Å²) in [6.07, 6.45) is 1.46. The molecule has 1 amide bonds. The van der Waals surface area contributed by atoms with Crippen LogP contribution in [0, 0.1) is 0 Å². The van der Waals surface area contributed by atoms with Gasteiger partial charge in [-0.05, 0) is 32.0 Å². The Morgan fingerprint density at radius 1 is 1.24 bits per heavy atom. The Kier molecular flexibility index (Phi) is 5.22. The van der Waals surface area contributed by atoms with Crippen LogP contribution in [0.1, 0.15) is 25.5 Å². The van der Waals surface area contributed by atoms with E-state index in [2.05, 4.69) is 20.7 Å². The molecule has 2 N–H and O–H groups in total. The minimum absolute atomic E-state index is 0.277. The zero-order valence-electron chi connectivity index (χ0n) is 16.0. The van der Waals surface area contributed by atoms with Gasteiger partial charge in [-0.3, -0.25) is 4.79 Å². The van der Waals surface area contributed by atoms with Crippen molar-refractivity contribution in [2.45, 2.75) is 19.9 Å². The molecule has 1 aliphatic heterocycles. The van der Waals surface area contributed by atoms with Crippen molar-refractivity contribution in [2.75, 3.05) is 17.2 Å². The van der Waals surface area contributed by atoms with Crippen molar-refractivity contribution in [1.82, 2.24) is 14.8 Å². The van der Waals surface area contributed by atoms with E-state index >= 15 is 0 Å². The number of benzene rings is 2. The molecule has 0 radical (unpaired) electrons. The Morgan fingerprint density at radius 3 is 2.79 bits per heavy atom. The Hall–Kier alpha value is -3.32. The predicted octanol–water partition coefficient (Wildman–Crippen LogP) is 4.26. The number of halogens is 1. The molecule has 0 saturated heterocycles. The van der Waals surface area contributed by atoms with Crippen molar-refractivity contribution >= 4 is 29.1 Å². The molecule has 29 heavy (non-hydrogen) atoms. The highest BCUT2D eigenvalue weighted by atomic mass is 35.5. The third kappa shape index (κ3) is 3.56. The van der Waals surface area contributed by atoms with Gasteiger partial charge in [-0.25, -0.2) is 4.68 Å². The molecular weight excluding hydrogens is 390 g/mol. The fourth-order valence-corrected chi connectivity index (χ4v) is 3.60. The molecule has 0 fully saturated rings. The lowest BCUT2D eigenvalue weighted by molar-refractivity contribution is -0.113. The first-order valence-electron chi connectivity index (χ1n) is 9.25. The summed E-state index contributed by atoms with van der Waals surface area (Å²) in [5, 5.41) is 10.9. The molecule has 0 aliphatic carbocycles. The summed E-state index contributed by atoms with van der Waals surface area (Å²) in [5.41, 5.74) is 2.56. The van der Waals surface area contributed by atoms with E-state index in [0.29, 0.717) is 40.3 Å². The van der Waals surface area contributed by atoms with Crippen LogP contribution in [0.4, 0.5) is 11.6 Å². The number of amides is 1. The van der Waals surface area contributed by atoms with Gasteiger partial charge in [0.15, 0.2) is 0 Å². The first kappa shape index (κ1) is 19.0. The third-order valence-corrected chi connectivity index (χ3v) is 5.00. The van der Waals surface area contributed by atoms with Crippen molar-refractivity contribution in [3.05, 3.63) is 76.7 Å². The lowest BCUT2D eigenvalue weighted by atomic mass is 9.94. The summed E-state index contributed by atoms with van der Waals surface area (Å²) in [4.78, 5) is 17.6. The number of nitrogens with one attached hydrogen (secondary N) is 2. The van der Waals surface area contributed by atoms with Crippen LogP contribution in [0.3, 0.4) is 0 Å². The second kappa shape index (κ2) is 7.97. The van der Waals surface area contributed by atoms with Crippen LogP contribution in [-0.4, -0.2) is 27.3 Å². The number of anilines is 2. The van der Waals surface area contributed by atoms with Crippen LogP contribution in [-0.2, 0) is 4.79 Å². The second-order valence-electron chi connectivity index (χ2n) is 6.50. The van der Waals surface area contributed by atoms with Gasteiger partial charge in [0.1, 0.15) is 18.1 Å². The number of rotatable bonds is 5. The van der Waals surface area contributed by atoms with Crippen molar-refractivity contribution < 1.29 is 9.53 Å². The van der Waals surface area contributed by atoms with Gasteiger partial charge < -0.3 is 15.4 Å². The molecule has 4 rings (SSSR count). The molecule has 7 nitrogen and oxygen atoms in total. The van der Waals surface area contributed by atoms with Crippen molar-refractivity contribution in [3.63, 3.8) is 0 Å². The first-order chi connectivity index (χ1) is 14.1. The van der Waals surface area contributed by atoms with Crippen molar-refractivity contribution in [3.8, 4) is 5.75 Å². The third-order valence-electron chi connectivity index (χ3n) is 4.67. The van der Waals surface area contributed by atoms with E-state index in [-0.39, 0.29) is 5.91 Å². The number of carbonyl (C=O) groups excluding carboxylic acids is 1. The number of carbonyl (C=O) groups is 1. The SMILES string of the molecule is CCOc1ccccc1C1C(C(=O)Nc2ccccc2Cl)=C(C)Nc2ncnn21. The lowest BCUT2D eigenvalue weighted by Crippen LogP contribution is -2.31. The molecule has 0 spiro atoms. The summed E-state index contributed by atoms with van der Waals surface area (Å²) in [7, 11) is 0. The minimum atomic E-state index is -0.501. The Labute approximate surface area is 173 Å². The van der Waals surface area contributed by atoms with E-state index < -0.39 is 6.04 Å². The standard InChI is InChI=1S/C21H20ClN5O2/c1-3-29-17-11-7-4-8-14(17)19-18(13(2)25-21-23-12-24-27(19)21)20(28)26-16-10-6-5-9-15(16)22/h4-12,19H,3H2,1-2H3,(H,26,28)(H,23,24,25). The predicted molar refractivity (Wildman–Crippen MR) is 112 cm³/mol. The molecule has 1 unspecified atom stereocenters. The molecule has 0 bridgehead atoms. The van der Waals surface area contributed by atoms with Crippen LogP contribution in [0.2, 0.25) is 5.02 Å². The summed E-state index contributed by atoms with van der Waals surface area (Å²) in [6, 6.07) is 14.3. The fraction of sp³-hybridized carbons (Fsp3) is 0.190. The number of hydrogen-bond acceptors (Lipinski definition) is 5. The molecule has 3 aromatic rings. The highest BCUT2D eigenvalue weighted by Gasteiger charge is 2.35. The van der Waals surface area contributed by atoms with Crippen molar-refractivity contribution in [2.24, 2.45) is 0 Å². The average Bonchev–Trinajstić information content (AvgIpc) is 3.17. The number of nitrogens with zero attached hydrogens (tertiary/aromatic N) is 3. The number of aromatic nitrogens is 3. The molecule has 0 saturated carbocycles. The quantitative estimate of drug-likeness (QED) is 0.658. The van der Waals surface area contributed by atoms with E-state index in [1.54, 1.807) is 16.8 Å². The van der Waals surface area contributed by atoms with E-state index in [1.807, 2.05) is 50.2 Å². The van der Waals surface area contributed by atoms with Crippen LogP contribution >= 0.6 is 11.6 Å². The first-order valence-corrected chi connectivity index (χ1v) is 9.62. The van der Waals surface area contributed by atoms with Gasteiger partial charge in [0.2, 0.25) is 5.95 Å². The summed E-state index contributed by atoms with van der Waals surface area (Å²) >= 11 is 6.23. The van der Waals surface area contributed by atoms with Crippen LogP contribution in [0.15, 0.2) is 66.1 Å². The number of hydrogen-bond donors (Lipinski definition) is 2. The number of fused-ring (bicyclic) bond motifs is 1. The van der Waals surface area contributed by atoms with E-state index in [9.17, 15) is 4.79 Å².